The van der Waals surface area contributed by atoms with Crippen LogP contribution in [0.15, 0.2) is 35.9 Å². The number of hydrogen-bond acceptors (Lipinski definition) is 6. The van der Waals surface area contributed by atoms with E-state index in [-0.39, 0.29) is 11.6 Å². The van der Waals surface area contributed by atoms with Crippen molar-refractivity contribution in [3.05, 3.63) is 41.5 Å². The molecule has 3 atom stereocenters. The molecule has 1 aromatic heterocycles. The van der Waals surface area contributed by atoms with Crippen molar-refractivity contribution >= 4 is 13.1 Å². The molecule has 2 aliphatic heterocycles. The first-order valence-electron chi connectivity index (χ1n) is 13.7. The van der Waals surface area contributed by atoms with Gasteiger partial charge in [-0.05, 0) is 76.7 Å². The molecular formula is C28H41BFN3O3. The molecule has 2 aliphatic carbocycles. The third kappa shape index (κ3) is 5.41. The van der Waals surface area contributed by atoms with E-state index in [2.05, 4.69) is 21.8 Å². The lowest BCUT2D eigenvalue weighted by atomic mass is 9.68. The molecule has 5 rings (SSSR count). The molecule has 0 spiro atoms. The highest BCUT2D eigenvalue weighted by atomic mass is 19.1. The van der Waals surface area contributed by atoms with Gasteiger partial charge in [0.25, 0.3) is 0 Å². The van der Waals surface area contributed by atoms with Crippen LogP contribution in [0.1, 0.15) is 65.9 Å². The SMILES string of the molecule is CCc1cnc(N2CCC([C@H]3C[C@H]3COCC3=C(F)CC(B4OC(C)(C)C(C)(C)O4)C=C3)CC2)nc1. The molecule has 1 saturated carbocycles. The van der Waals surface area contributed by atoms with Crippen LogP contribution in [0.25, 0.3) is 0 Å². The Balaban J connectivity index is 1.02. The lowest BCUT2D eigenvalue weighted by Crippen LogP contribution is -2.41. The highest BCUT2D eigenvalue weighted by Gasteiger charge is 2.53. The van der Waals surface area contributed by atoms with Gasteiger partial charge in [0, 0.05) is 43.3 Å². The summed E-state index contributed by atoms with van der Waals surface area (Å²) < 4.78 is 33.1. The second-order valence-electron chi connectivity index (χ2n) is 12.0. The van der Waals surface area contributed by atoms with Gasteiger partial charge >= 0.3 is 7.12 Å². The molecule has 2 saturated heterocycles. The molecule has 0 bridgehead atoms. The van der Waals surface area contributed by atoms with Crippen molar-refractivity contribution in [2.45, 2.75) is 83.7 Å². The van der Waals surface area contributed by atoms with Crippen molar-refractivity contribution < 1.29 is 18.4 Å². The predicted octanol–water partition coefficient (Wildman–Crippen LogP) is 5.55. The molecule has 196 valence electrons. The average Bonchev–Trinajstić information content (AvgIpc) is 3.59. The van der Waals surface area contributed by atoms with Crippen LogP contribution in [0.5, 0.6) is 0 Å². The summed E-state index contributed by atoms with van der Waals surface area (Å²) >= 11 is 0. The van der Waals surface area contributed by atoms with Crippen LogP contribution < -0.4 is 4.90 Å². The third-order valence-corrected chi connectivity index (χ3v) is 9.02. The van der Waals surface area contributed by atoms with Crippen molar-refractivity contribution in [2.24, 2.45) is 17.8 Å². The zero-order chi connectivity index (χ0) is 25.5. The number of halogens is 1. The van der Waals surface area contributed by atoms with Crippen LogP contribution in [0.4, 0.5) is 10.3 Å². The van der Waals surface area contributed by atoms with Gasteiger partial charge in [0.2, 0.25) is 5.95 Å². The van der Waals surface area contributed by atoms with Crippen LogP contribution in [0, 0.1) is 17.8 Å². The van der Waals surface area contributed by atoms with Crippen LogP contribution >= 0.6 is 0 Å². The molecule has 36 heavy (non-hydrogen) atoms. The number of aryl methyl sites for hydroxylation is 1. The van der Waals surface area contributed by atoms with Gasteiger partial charge in [-0.15, -0.1) is 0 Å². The van der Waals surface area contributed by atoms with Gasteiger partial charge in [-0.2, -0.15) is 0 Å². The van der Waals surface area contributed by atoms with E-state index >= 15 is 0 Å². The maximum Gasteiger partial charge on any atom is 0.465 e. The quantitative estimate of drug-likeness (QED) is 0.439. The average molecular weight is 497 g/mol. The fourth-order valence-corrected chi connectivity index (χ4v) is 5.69. The minimum absolute atomic E-state index is 0.105. The van der Waals surface area contributed by atoms with Crippen molar-refractivity contribution in [2.75, 3.05) is 31.2 Å². The van der Waals surface area contributed by atoms with Crippen LogP contribution in [0.2, 0.25) is 5.82 Å². The lowest BCUT2D eigenvalue weighted by molar-refractivity contribution is 0.00578. The molecule has 1 aromatic rings. The number of rotatable bonds is 8. The van der Waals surface area contributed by atoms with E-state index in [1.165, 1.54) is 24.8 Å². The Morgan fingerprint density at radius 2 is 1.78 bits per heavy atom. The first-order chi connectivity index (χ1) is 17.2. The van der Waals surface area contributed by atoms with E-state index in [0.29, 0.717) is 24.5 Å². The standard InChI is InChI=1S/C28H41BFN3O3/c1-6-19-15-31-26(32-16-19)33-11-9-20(10-12-33)24-13-22(24)18-34-17-21-7-8-23(14-25(21)30)29-35-27(2,3)28(4,5)36-29/h7-8,15-16,20,22-24H,6,9-14,17-18H2,1-5H3/t22-,23?,24+/m0/s1. The largest absolute Gasteiger partial charge is 0.465 e. The predicted molar refractivity (Wildman–Crippen MR) is 140 cm³/mol. The van der Waals surface area contributed by atoms with E-state index in [0.717, 1.165) is 43.9 Å². The summed E-state index contributed by atoms with van der Waals surface area (Å²) in [6, 6.07) is 0. The Bertz CT molecular complexity index is 972. The molecule has 1 unspecified atom stereocenters. The summed E-state index contributed by atoms with van der Waals surface area (Å²) in [5.74, 6) is 2.74. The maximum atomic E-state index is 14.9. The molecule has 3 fully saturated rings. The number of nitrogens with zero attached hydrogens (tertiary/aromatic N) is 3. The van der Waals surface area contributed by atoms with Crippen molar-refractivity contribution in [3.8, 4) is 0 Å². The van der Waals surface area contributed by atoms with E-state index in [9.17, 15) is 4.39 Å². The molecule has 6 nitrogen and oxygen atoms in total. The number of anilines is 1. The van der Waals surface area contributed by atoms with Crippen LogP contribution in [0.3, 0.4) is 0 Å². The summed E-state index contributed by atoms with van der Waals surface area (Å²) in [6.07, 6.45) is 12.7. The number of aromatic nitrogens is 2. The fourth-order valence-electron chi connectivity index (χ4n) is 5.69. The van der Waals surface area contributed by atoms with Gasteiger partial charge < -0.3 is 18.9 Å². The van der Waals surface area contributed by atoms with Crippen LogP contribution in [-0.2, 0) is 20.5 Å². The van der Waals surface area contributed by atoms with Gasteiger partial charge in [-0.3, -0.25) is 0 Å². The van der Waals surface area contributed by atoms with Gasteiger partial charge in [-0.1, -0.05) is 19.1 Å². The Labute approximate surface area is 215 Å². The Hall–Kier alpha value is -1.77. The van der Waals surface area contributed by atoms with E-state index in [1.54, 1.807) is 0 Å². The molecular weight excluding hydrogens is 456 g/mol. The molecule has 0 amide bonds. The van der Waals surface area contributed by atoms with Gasteiger partial charge in [0.15, 0.2) is 0 Å². The van der Waals surface area contributed by atoms with Crippen molar-refractivity contribution in [1.82, 2.24) is 9.97 Å². The zero-order valence-corrected chi connectivity index (χ0v) is 22.5. The van der Waals surface area contributed by atoms with E-state index in [1.807, 2.05) is 52.2 Å². The minimum atomic E-state index is -0.416. The van der Waals surface area contributed by atoms with E-state index < -0.39 is 18.3 Å². The summed E-state index contributed by atoms with van der Waals surface area (Å²) in [5.41, 5.74) is 1.03. The Morgan fingerprint density at radius 3 is 2.39 bits per heavy atom. The molecule has 0 aromatic carbocycles. The highest BCUT2D eigenvalue weighted by molar-refractivity contribution is 6.48. The summed E-state index contributed by atoms with van der Waals surface area (Å²) in [7, 11) is -0.416. The first-order valence-corrected chi connectivity index (χ1v) is 13.7. The number of hydrogen-bond donors (Lipinski definition) is 0. The topological polar surface area (TPSA) is 56.7 Å². The highest BCUT2D eigenvalue weighted by Crippen LogP contribution is 2.48. The smallest absolute Gasteiger partial charge is 0.403 e. The van der Waals surface area contributed by atoms with E-state index in [4.69, 9.17) is 14.0 Å². The van der Waals surface area contributed by atoms with Crippen molar-refractivity contribution in [1.29, 1.82) is 0 Å². The maximum absolute atomic E-state index is 14.9. The minimum Gasteiger partial charge on any atom is -0.403 e. The molecule has 3 heterocycles. The zero-order valence-electron chi connectivity index (χ0n) is 22.5. The number of allylic oxidation sites excluding steroid dienone is 2. The number of piperidine rings is 1. The van der Waals surface area contributed by atoms with Gasteiger partial charge in [0.1, 0.15) is 5.83 Å². The van der Waals surface area contributed by atoms with Crippen LogP contribution in [-0.4, -0.2) is 54.6 Å². The normalized spacial score (nSPS) is 29.8. The molecule has 0 radical (unpaired) electrons. The molecule has 8 heteroatoms. The third-order valence-electron chi connectivity index (χ3n) is 9.02. The van der Waals surface area contributed by atoms with Gasteiger partial charge in [0.05, 0.1) is 24.4 Å². The molecule has 0 N–H and O–H groups in total. The fraction of sp³-hybridized carbons (Fsp3) is 0.714. The Morgan fingerprint density at radius 1 is 1.11 bits per heavy atom. The summed E-state index contributed by atoms with van der Waals surface area (Å²) in [5, 5.41) is 0. The monoisotopic (exact) mass is 497 g/mol. The van der Waals surface area contributed by atoms with Gasteiger partial charge in [-0.25, -0.2) is 14.4 Å². The lowest BCUT2D eigenvalue weighted by Gasteiger charge is -2.32. The Kier molecular flexibility index (Phi) is 7.32. The number of ether oxygens (including phenoxy) is 1. The second kappa shape index (κ2) is 10.2. The summed E-state index contributed by atoms with van der Waals surface area (Å²) in [6.45, 7) is 13.3. The second-order valence-corrected chi connectivity index (χ2v) is 12.0. The molecule has 4 aliphatic rings. The van der Waals surface area contributed by atoms with Crippen molar-refractivity contribution in [3.63, 3.8) is 0 Å². The first kappa shape index (κ1) is 25.9. The summed E-state index contributed by atoms with van der Waals surface area (Å²) in [4.78, 5) is 11.4.